The van der Waals surface area contributed by atoms with E-state index in [4.69, 9.17) is 9.47 Å². The maximum Gasteiger partial charge on any atom is 0.407 e. The summed E-state index contributed by atoms with van der Waals surface area (Å²) in [6.45, 7) is 5.14. The molecule has 20 heavy (non-hydrogen) atoms. The van der Waals surface area contributed by atoms with Crippen LogP contribution < -0.4 is 5.32 Å². The summed E-state index contributed by atoms with van der Waals surface area (Å²) in [5, 5.41) is 2.47. The Kier molecular flexibility index (Phi) is 3.65. The van der Waals surface area contributed by atoms with Crippen molar-refractivity contribution in [2.45, 2.75) is 39.5 Å². The van der Waals surface area contributed by atoms with Crippen LogP contribution in [0.4, 0.5) is 9.18 Å². The molecular weight excluding hydrogens is 265 g/mol. The van der Waals surface area contributed by atoms with E-state index in [0.717, 1.165) is 0 Å². The van der Waals surface area contributed by atoms with Crippen LogP contribution in [-0.2, 0) is 22.6 Å². The van der Waals surface area contributed by atoms with Gasteiger partial charge < -0.3 is 14.8 Å². The third kappa shape index (κ3) is 3.07. The highest BCUT2D eigenvalue weighted by molar-refractivity contribution is 5.93. The normalized spacial score (nSPS) is 13.7. The summed E-state index contributed by atoms with van der Waals surface area (Å²) in [7, 11) is 0. The number of nitrogens with one attached hydrogen (secondary N) is 1. The van der Waals surface area contributed by atoms with Crippen LogP contribution in [0.15, 0.2) is 12.1 Å². The molecule has 1 amide bonds. The number of rotatable bonds is 2. The Balaban J connectivity index is 2.05. The summed E-state index contributed by atoms with van der Waals surface area (Å²) in [5.74, 6) is -1.05. The Morgan fingerprint density at radius 3 is 2.80 bits per heavy atom. The van der Waals surface area contributed by atoms with Crippen molar-refractivity contribution in [2.75, 3.05) is 0 Å². The van der Waals surface area contributed by atoms with Gasteiger partial charge in [-0.25, -0.2) is 14.0 Å². The molecule has 0 atom stereocenters. The van der Waals surface area contributed by atoms with Crippen LogP contribution >= 0.6 is 0 Å². The molecule has 0 aromatic heterocycles. The molecule has 0 unspecified atom stereocenters. The Morgan fingerprint density at radius 1 is 1.45 bits per heavy atom. The fourth-order valence-corrected chi connectivity index (χ4v) is 1.84. The second kappa shape index (κ2) is 5.11. The van der Waals surface area contributed by atoms with Crippen molar-refractivity contribution >= 4 is 12.1 Å². The second-order valence-electron chi connectivity index (χ2n) is 5.50. The van der Waals surface area contributed by atoms with Gasteiger partial charge in [-0.3, -0.25) is 0 Å². The van der Waals surface area contributed by atoms with Crippen molar-refractivity contribution in [1.82, 2.24) is 5.32 Å². The van der Waals surface area contributed by atoms with Crippen molar-refractivity contribution in [3.8, 4) is 0 Å². The second-order valence-corrected chi connectivity index (χ2v) is 5.50. The molecule has 0 aliphatic carbocycles. The quantitative estimate of drug-likeness (QED) is 0.846. The lowest BCUT2D eigenvalue weighted by Gasteiger charge is -2.19. The first-order valence-corrected chi connectivity index (χ1v) is 6.22. The third-order valence-electron chi connectivity index (χ3n) is 2.71. The zero-order valence-corrected chi connectivity index (χ0v) is 11.6. The van der Waals surface area contributed by atoms with Crippen LogP contribution in [0.1, 0.15) is 42.3 Å². The summed E-state index contributed by atoms with van der Waals surface area (Å²) in [4.78, 5) is 22.8. The lowest BCUT2D eigenvalue weighted by molar-refractivity contribution is 0.0518. The predicted molar refractivity (Wildman–Crippen MR) is 68.6 cm³/mol. The van der Waals surface area contributed by atoms with Gasteiger partial charge in [-0.15, -0.1) is 0 Å². The monoisotopic (exact) mass is 281 g/mol. The summed E-state index contributed by atoms with van der Waals surface area (Å²) >= 11 is 0. The van der Waals surface area contributed by atoms with E-state index in [9.17, 15) is 14.0 Å². The molecule has 0 saturated carbocycles. The Morgan fingerprint density at radius 2 is 2.15 bits per heavy atom. The van der Waals surface area contributed by atoms with Gasteiger partial charge in [0.1, 0.15) is 18.0 Å². The molecule has 1 aliphatic heterocycles. The van der Waals surface area contributed by atoms with E-state index in [0.29, 0.717) is 0 Å². The number of alkyl carbamates (subject to hydrolysis) is 1. The number of hydrogen-bond donors (Lipinski definition) is 1. The fraction of sp³-hybridized carbons (Fsp3) is 0.429. The summed E-state index contributed by atoms with van der Waals surface area (Å²) < 4.78 is 23.9. The van der Waals surface area contributed by atoms with Gasteiger partial charge in [-0.1, -0.05) is 6.07 Å². The van der Waals surface area contributed by atoms with Gasteiger partial charge in [0.15, 0.2) is 0 Å². The standard InChI is InChI=1S/C14H16FNO4/c1-14(2,3)20-13(18)16-6-8-4-5-9-10(11(8)15)7-19-12(9)17/h4-5H,6-7H2,1-3H3,(H,16,18). The van der Waals surface area contributed by atoms with Crippen molar-refractivity contribution in [1.29, 1.82) is 0 Å². The molecule has 1 aromatic rings. The number of carbonyl (C=O) groups is 2. The number of esters is 1. The highest BCUT2D eigenvalue weighted by Crippen LogP contribution is 2.25. The highest BCUT2D eigenvalue weighted by Gasteiger charge is 2.26. The van der Waals surface area contributed by atoms with E-state index in [1.807, 2.05) is 0 Å². The first kappa shape index (κ1) is 14.3. The molecule has 1 heterocycles. The summed E-state index contributed by atoms with van der Waals surface area (Å²) in [6.07, 6.45) is -0.621. The first-order valence-electron chi connectivity index (χ1n) is 6.22. The number of carbonyl (C=O) groups excluding carboxylic acids is 2. The maximum atomic E-state index is 14.1. The molecule has 0 bridgehead atoms. The number of benzene rings is 1. The minimum atomic E-state index is -0.621. The molecule has 108 valence electrons. The van der Waals surface area contributed by atoms with Crippen LogP contribution in [-0.4, -0.2) is 17.7 Å². The fourth-order valence-electron chi connectivity index (χ4n) is 1.84. The zero-order chi connectivity index (χ0) is 14.9. The molecule has 1 aliphatic rings. The highest BCUT2D eigenvalue weighted by atomic mass is 19.1. The van der Waals surface area contributed by atoms with Crippen LogP contribution in [0.5, 0.6) is 0 Å². The molecular formula is C14H16FNO4. The number of halogens is 1. The van der Waals surface area contributed by atoms with Gasteiger partial charge in [0.25, 0.3) is 0 Å². The van der Waals surface area contributed by atoms with Gasteiger partial charge in [-0.2, -0.15) is 0 Å². The van der Waals surface area contributed by atoms with Crippen molar-refractivity contribution in [3.63, 3.8) is 0 Å². The average molecular weight is 281 g/mol. The Labute approximate surface area is 116 Å². The molecule has 0 radical (unpaired) electrons. The largest absolute Gasteiger partial charge is 0.457 e. The molecule has 0 fully saturated rings. The lowest BCUT2D eigenvalue weighted by Crippen LogP contribution is -2.32. The predicted octanol–water partition coefficient (Wildman–Crippen LogP) is 2.52. The smallest absolute Gasteiger partial charge is 0.407 e. The zero-order valence-electron chi connectivity index (χ0n) is 11.6. The number of fused-ring (bicyclic) bond motifs is 1. The average Bonchev–Trinajstić information content (AvgIpc) is 2.69. The molecule has 2 rings (SSSR count). The topological polar surface area (TPSA) is 64.6 Å². The van der Waals surface area contributed by atoms with Crippen molar-refractivity contribution < 1.29 is 23.5 Å². The van der Waals surface area contributed by atoms with Crippen LogP contribution in [0.3, 0.4) is 0 Å². The third-order valence-corrected chi connectivity index (χ3v) is 2.71. The van der Waals surface area contributed by atoms with Gasteiger partial charge in [0.2, 0.25) is 0 Å². The first-order chi connectivity index (χ1) is 9.28. The van der Waals surface area contributed by atoms with Crippen molar-refractivity contribution in [3.05, 3.63) is 34.6 Å². The van der Waals surface area contributed by atoms with Crippen LogP contribution in [0.25, 0.3) is 0 Å². The van der Waals surface area contributed by atoms with E-state index in [-0.39, 0.29) is 29.8 Å². The SMILES string of the molecule is CC(C)(C)OC(=O)NCc1ccc2c(c1F)COC2=O. The molecule has 1 N–H and O–H groups in total. The minimum absolute atomic E-state index is 0.0117. The molecule has 1 aromatic carbocycles. The maximum absolute atomic E-state index is 14.1. The number of hydrogen-bond acceptors (Lipinski definition) is 4. The van der Waals surface area contributed by atoms with E-state index < -0.39 is 23.5 Å². The van der Waals surface area contributed by atoms with Gasteiger partial charge >= 0.3 is 12.1 Å². The van der Waals surface area contributed by atoms with Gasteiger partial charge in [0, 0.05) is 17.7 Å². The Hall–Kier alpha value is -2.11. The van der Waals surface area contributed by atoms with Crippen LogP contribution in [0.2, 0.25) is 0 Å². The summed E-state index contributed by atoms with van der Waals surface area (Å²) in [6, 6.07) is 2.96. The van der Waals surface area contributed by atoms with Gasteiger partial charge in [0.05, 0.1) is 5.56 Å². The van der Waals surface area contributed by atoms with E-state index in [2.05, 4.69) is 5.32 Å². The van der Waals surface area contributed by atoms with Gasteiger partial charge in [-0.05, 0) is 26.8 Å². The Bertz CT molecular complexity index is 563. The molecule has 0 saturated heterocycles. The number of cyclic esters (lactones) is 1. The number of amides is 1. The molecule has 0 spiro atoms. The summed E-state index contributed by atoms with van der Waals surface area (Å²) in [5.41, 5.74) is 0.149. The lowest BCUT2D eigenvalue weighted by atomic mass is 10.0. The van der Waals surface area contributed by atoms with E-state index >= 15 is 0 Å². The van der Waals surface area contributed by atoms with E-state index in [1.165, 1.54) is 12.1 Å². The van der Waals surface area contributed by atoms with Crippen LogP contribution in [0, 0.1) is 5.82 Å². The van der Waals surface area contributed by atoms with Crippen molar-refractivity contribution in [2.24, 2.45) is 0 Å². The number of ether oxygens (including phenoxy) is 2. The van der Waals surface area contributed by atoms with E-state index in [1.54, 1.807) is 20.8 Å². The molecule has 6 heteroatoms. The molecule has 5 nitrogen and oxygen atoms in total. The minimum Gasteiger partial charge on any atom is -0.457 e.